The normalized spacial score (nSPS) is 11.5. The van der Waals surface area contributed by atoms with Gasteiger partial charge in [0.1, 0.15) is 17.9 Å². The molecule has 2 rings (SSSR count). The van der Waals surface area contributed by atoms with Crippen molar-refractivity contribution in [2.24, 2.45) is 0 Å². The molecular formula is C16H21N5O3. The highest BCUT2D eigenvalue weighted by molar-refractivity contribution is 5.96. The van der Waals surface area contributed by atoms with Gasteiger partial charge < -0.3 is 10.2 Å². The lowest BCUT2D eigenvalue weighted by molar-refractivity contribution is -0.385. The van der Waals surface area contributed by atoms with Gasteiger partial charge in [0.25, 0.3) is 5.91 Å². The SMILES string of the molecule is CN(C)Cc1cccc(NC(=O)C(C)(C)n2cc([N+](=O)[O-])cn2)c1. The number of aromatic nitrogens is 2. The Morgan fingerprint density at radius 3 is 2.71 bits per heavy atom. The molecule has 0 saturated carbocycles. The molecule has 1 aromatic heterocycles. The average Bonchev–Trinajstić information content (AvgIpc) is 2.97. The Morgan fingerprint density at radius 1 is 1.42 bits per heavy atom. The van der Waals surface area contributed by atoms with Crippen LogP contribution >= 0.6 is 0 Å². The smallest absolute Gasteiger partial charge is 0.307 e. The number of nitrogens with zero attached hydrogens (tertiary/aromatic N) is 4. The highest BCUT2D eigenvalue weighted by Gasteiger charge is 2.32. The van der Waals surface area contributed by atoms with Crippen molar-refractivity contribution in [1.82, 2.24) is 14.7 Å². The quantitative estimate of drug-likeness (QED) is 0.647. The molecule has 24 heavy (non-hydrogen) atoms. The summed E-state index contributed by atoms with van der Waals surface area (Å²) in [5.41, 5.74) is 0.537. The molecule has 1 N–H and O–H groups in total. The first-order chi connectivity index (χ1) is 11.2. The number of hydrogen-bond donors (Lipinski definition) is 1. The van der Waals surface area contributed by atoms with E-state index in [1.807, 2.05) is 37.2 Å². The van der Waals surface area contributed by atoms with Crippen LogP contribution in [0, 0.1) is 10.1 Å². The summed E-state index contributed by atoms with van der Waals surface area (Å²) < 4.78 is 1.30. The van der Waals surface area contributed by atoms with Gasteiger partial charge in [0, 0.05) is 12.2 Å². The monoisotopic (exact) mass is 331 g/mol. The molecule has 0 fully saturated rings. The maximum atomic E-state index is 12.6. The lowest BCUT2D eigenvalue weighted by Crippen LogP contribution is -2.40. The molecule has 128 valence electrons. The summed E-state index contributed by atoms with van der Waals surface area (Å²) in [4.78, 5) is 24.9. The van der Waals surface area contributed by atoms with E-state index in [0.717, 1.165) is 18.3 Å². The Labute approximate surface area is 140 Å². The fourth-order valence-corrected chi connectivity index (χ4v) is 2.21. The summed E-state index contributed by atoms with van der Waals surface area (Å²) in [6, 6.07) is 7.57. The third kappa shape index (κ3) is 3.96. The minimum atomic E-state index is -1.06. The second kappa shape index (κ2) is 6.79. The van der Waals surface area contributed by atoms with Crippen LogP contribution in [-0.4, -0.2) is 39.6 Å². The molecule has 1 amide bonds. The average molecular weight is 331 g/mol. The third-order valence-corrected chi connectivity index (χ3v) is 3.59. The Morgan fingerprint density at radius 2 is 2.12 bits per heavy atom. The molecule has 1 heterocycles. The van der Waals surface area contributed by atoms with Gasteiger partial charge in [-0.1, -0.05) is 12.1 Å². The maximum absolute atomic E-state index is 12.6. The molecular weight excluding hydrogens is 310 g/mol. The van der Waals surface area contributed by atoms with E-state index < -0.39 is 10.5 Å². The van der Waals surface area contributed by atoms with Crippen molar-refractivity contribution in [3.8, 4) is 0 Å². The molecule has 0 aliphatic rings. The zero-order valence-corrected chi connectivity index (χ0v) is 14.2. The van der Waals surface area contributed by atoms with Crippen molar-refractivity contribution in [3.05, 3.63) is 52.3 Å². The first-order valence-electron chi connectivity index (χ1n) is 7.45. The van der Waals surface area contributed by atoms with Crippen LogP contribution in [0.2, 0.25) is 0 Å². The second-order valence-electron chi connectivity index (χ2n) is 6.35. The summed E-state index contributed by atoms with van der Waals surface area (Å²) in [7, 11) is 3.94. The lowest BCUT2D eigenvalue weighted by Gasteiger charge is -2.24. The Kier molecular flexibility index (Phi) is 4.99. The van der Waals surface area contributed by atoms with Crippen molar-refractivity contribution >= 4 is 17.3 Å². The number of carbonyl (C=O) groups is 1. The first-order valence-corrected chi connectivity index (χ1v) is 7.45. The largest absolute Gasteiger partial charge is 0.324 e. The summed E-state index contributed by atoms with van der Waals surface area (Å²) >= 11 is 0. The predicted octanol–water partition coefficient (Wildman–Crippen LogP) is 2.23. The Hall–Kier alpha value is -2.74. The fraction of sp³-hybridized carbons (Fsp3) is 0.375. The van der Waals surface area contributed by atoms with E-state index in [4.69, 9.17) is 0 Å². The van der Waals surface area contributed by atoms with Crippen LogP contribution in [0.15, 0.2) is 36.7 Å². The summed E-state index contributed by atoms with van der Waals surface area (Å²) in [6.45, 7) is 4.07. The van der Waals surface area contributed by atoms with Crippen LogP contribution < -0.4 is 5.32 Å². The van der Waals surface area contributed by atoms with Crippen molar-refractivity contribution < 1.29 is 9.72 Å². The minimum Gasteiger partial charge on any atom is -0.324 e. The molecule has 0 aliphatic heterocycles. The molecule has 8 nitrogen and oxygen atoms in total. The lowest BCUT2D eigenvalue weighted by atomic mass is 10.0. The van der Waals surface area contributed by atoms with Gasteiger partial charge in [-0.15, -0.1) is 0 Å². The number of anilines is 1. The highest BCUT2D eigenvalue weighted by atomic mass is 16.6. The molecule has 0 aliphatic carbocycles. The number of benzene rings is 1. The zero-order chi connectivity index (χ0) is 17.9. The molecule has 0 radical (unpaired) electrons. The molecule has 0 unspecified atom stereocenters. The molecule has 1 aromatic carbocycles. The van der Waals surface area contributed by atoms with Crippen LogP contribution in [0.5, 0.6) is 0 Å². The molecule has 2 aromatic rings. The number of carbonyl (C=O) groups excluding carboxylic acids is 1. The maximum Gasteiger partial charge on any atom is 0.307 e. The van der Waals surface area contributed by atoms with Gasteiger partial charge in [0.2, 0.25) is 0 Å². The number of rotatable bonds is 6. The molecule has 0 bridgehead atoms. The van der Waals surface area contributed by atoms with E-state index >= 15 is 0 Å². The van der Waals surface area contributed by atoms with Gasteiger partial charge >= 0.3 is 5.69 Å². The van der Waals surface area contributed by atoms with Crippen LogP contribution in [-0.2, 0) is 16.9 Å². The molecule has 0 spiro atoms. The van der Waals surface area contributed by atoms with E-state index in [0.29, 0.717) is 5.69 Å². The second-order valence-corrected chi connectivity index (χ2v) is 6.35. The van der Waals surface area contributed by atoms with E-state index in [-0.39, 0.29) is 11.6 Å². The minimum absolute atomic E-state index is 0.149. The van der Waals surface area contributed by atoms with Gasteiger partial charge in [-0.25, -0.2) is 0 Å². The van der Waals surface area contributed by atoms with Crippen molar-refractivity contribution in [2.45, 2.75) is 25.9 Å². The summed E-state index contributed by atoms with van der Waals surface area (Å²) in [6.07, 6.45) is 2.38. The van der Waals surface area contributed by atoms with Crippen molar-refractivity contribution in [1.29, 1.82) is 0 Å². The Balaban J connectivity index is 2.16. The van der Waals surface area contributed by atoms with E-state index in [2.05, 4.69) is 10.4 Å². The van der Waals surface area contributed by atoms with Crippen molar-refractivity contribution in [3.63, 3.8) is 0 Å². The number of nitro groups is 1. The number of amides is 1. The molecule has 0 saturated heterocycles. The Bertz CT molecular complexity index is 752. The first kappa shape index (κ1) is 17.6. The number of hydrogen-bond acceptors (Lipinski definition) is 5. The van der Waals surface area contributed by atoms with Gasteiger partial charge in [-0.2, -0.15) is 5.10 Å². The van der Waals surface area contributed by atoms with Gasteiger partial charge in [0.15, 0.2) is 0 Å². The van der Waals surface area contributed by atoms with E-state index in [9.17, 15) is 14.9 Å². The van der Waals surface area contributed by atoms with Crippen LogP contribution in [0.4, 0.5) is 11.4 Å². The molecule has 0 atom stereocenters. The van der Waals surface area contributed by atoms with E-state index in [1.54, 1.807) is 19.9 Å². The summed E-state index contributed by atoms with van der Waals surface area (Å²) in [5.74, 6) is -0.303. The zero-order valence-electron chi connectivity index (χ0n) is 14.2. The third-order valence-electron chi connectivity index (χ3n) is 3.59. The predicted molar refractivity (Wildman–Crippen MR) is 90.7 cm³/mol. The van der Waals surface area contributed by atoms with Crippen molar-refractivity contribution in [2.75, 3.05) is 19.4 Å². The number of nitrogens with one attached hydrogen (secondary N) is 1. The molecule has 8 heteroatoms. The van der Waals surface area contributed by atoms with Gasteiger partial charge in [-0.05, 0) is 45.6 Å². The highest BCUT2D eigenvalue weighted by Crippen LogP contribution is 2.21. The standard InChI is InChI=1S/C16H21N5O3/c1-16(2,20-11-14(9-17-20)21(23)24)15(22)18-13-7-5-6-12(8-13)10-19(3)4/h5-9,11H,10H2,1-4H3,(H,18,22). The fourth-order valence-electron chi connectivity index (χ4n) is 2.21. The van der Waals surface area contributed by atoms with Gasteiger partial charge in [-0.3, -0.25) is 19.6 Å². The topological polar surface area (TPSA) is 93.3 Å². The van der Waals surface area contributed by atoms with Gasteiger partial charge in [0.05, 0.1) is 4.92 Å². The van der Waals surface area contributed by atoms with Crippen LogP contribution in [0.25, 0.3) is 0 Å². The van der Waals surface area contributed by atoms with Crippen LogP contribution in [0.1, 0.15) is 19.4 Å². The van der Waals surface area contributed by atoms with Crippen LogP contribution in [0.3, 0.4) is 0 Å². The van der Waals surface area contributed by atoms with E-state index in [1.165, 1.54) is 10.9 Å². The summed E-state index contributed by atoms with van der Waals surface area (Å²) in [5, 5.41) is 17.6.